The van der Waals surface area contributed by atoms with Crippen LogP contribution in [-0.4, -0.2) is 15.5 Å². The minimum atomic E-state index is -0.294. The van der Waals surface area contributed by atoms with E-state index in [0.29, 0.717) is 28.5 Å². The molecule has 1 aromatic carbocycles. The summed E-state index contributed by atoms with van der Waals surface area (Å²) in [5, 5.41) is 6.70. The molecule has 3 aromatic rings. The summed E-state index contributed by atoms with van der Waals surface area (Å²) >= 11 is 1.08. The molecule has 0 unspecified atom stereocenters. The average Bonchev–Trinajstić information content (AvgIpc) is 3.22. The average molecular weight is 331 g/mol. The third-order valence-electron chi connectivity index (χ3n) is 3.31. The molecule has 118 valence electrons. The normalized spacial score (nSPS) is 10.7. The fraction of sp³-hybridized carbons (Fsp3) is 0.188. The van der Waals surface area contributed by atoms with Crippen molar-refractivity contribution in [1.82, 2.24) is 14.9 Å². The molecule has 1 amide bonds. The number of carbonyl (C=O) groups is 1. The Labute approximate surface area is 136 Å². The monoisotopic (exact) mass is 331 g/mol. The second kappa shape index (κ2) is 6.70. The Morgan fingerprint density at radius 1 is 1.26 bits per heavy atom. The van der Waals surface area contributed by atoms with Crippen molar-refractivity contribution in [2.45, 2.75) is 19.9 Å². The van der Waals surface area contributed by atoms with Gasteiger partial charge < -0.3 is 9.73 Å². The molecule has 0 aliphatic heterocycles. The van der Waals surface area contributed by atoms with E-state index >= 15 is 0 Å². The van der Waals surface area contributed by atoms with E-state index in [1.807, 2.05) is 6.92 Å². The molecule has 0 fully saturated rings. The number of nitrogens with zero attached hydrogens (tertiary/aromatic N) is 2. The summed E-state index contributed by atoms with van der Waals surface area (Å²) in [4.78, 5) is 12.6. The molecule has 0 spiro atoms. The predicted molar refractivity (Wildman–Crippen MR) is 84.6 cm³/mol. The SMILES string of the molecule is CCc1nnsc1C(=O)NCc1ccc(-c2ccc(F)cc2)o1. The van der Waals surface area contributed by atoms with Crippen LogP contribution >= 0.6 is 11.5 Å². The number of hydrogen-bond acceptors (Lipinski definition) is 5. The van der Waals surface area contributed by atoms with E-state index in [1.165, 1.54) is 12.1 Å². The number of nitrogens with one attached hydrogen (secondary N) is 1. The predicted octanol–water partition coefficient (Wildman–Crippen LogP) is 3.43. The van der Waals surface area contributed by atoms with Gasteiger partial charge in [0, 0.05) is 5.56 Å². The van der Waals surface area contributed by atoms with E-state index in [1.54, 1.807) is 24.3 Å². The minimum absolute atomic E-state index is 0.211. The highest BCUT2D eigenvalue weighted by Crippen LogP contribution is 2.22. The van der Waals surface area contributed by atoms with Crippen molar-refractivity contribution in [1.29, 1.82) is 0 Å². The van der Waals surface area contributed by atoms with Gasteiger partial charge in [0.05, 0.1) is 12.2 Å². The molecule has 0 aliphatic carbocycles. The van der Waals surface area contributed by atoms with Crippen molar-refractivity contribution in [3.63, 3.8) is 0 Å². The first-order valence-electron chi connectivity index (χ1n) is 7.11. The molecule has 0 atom stereocenters. The second-order valence-electron chi connectivity index (χ2n) is 4.86. The molecule has 23 heavy (non-hydrogen) atoms. The van der Waals surface area contributed by atoms with Gasteiger partial charge in [0.1, 0.15) is 22.2 Å². The van der Waals surface area contributed by atoms with Crippen molar-refractivity contribution in [2.24, 2.45) is 0 Å². The highest BCUT2D eigenvalue weighted by atomic mass is 32.1. The molecule has 0 saturated carbocycles. The quantitative estimate of drug-likeness (QED) is 0.778. The Kier molecular flexibility index (Phi) is 4.47. The van der Waals surface area contributed by atoms with Crippen molar-refractivity contribution in [3.05, 3.63) is 58.5 Å². The van der Waals surface area contributed by atoms with E-state index < -0.39 is 0 Å². The molecule has 0 saturated heterocycles. The van der Waals surface area contributed by atoms with Crippen LogP contribution in [0.2, 0.25) is 0 Å². The number of aryl methyl sites for hydroxylation is 1. The first-order valence-corrected chi connectivity index (χ1v) is 7.88. The van der Waals surface area contributed by atoms with Crippen LogP contribution in [0, 0.1) is 5.82 Å². The summed E-state index contributed by atoms with van der Waals surface area (Å²) in [5.41, 5.74) is 1.47. The van der Waals surface area contributed by atoms with Gasteiger partial charge in [-0.15, -0.1) is 5.10 Å². The molecule has 0 bridgehead atoms. The topological polar surface area (TPSA) is 68.0 Å². The largest absolute Gasteiger partial charge is 0.459 e. The number of furan rings is 1. The lowest BCUT2D eigenvalue weighted by Gasteiger charge is -2.02. The Hall–Kier alpha value is -2.54. The van der Waals surface area contributed by atoms with E-state index in [2.05, 4.69) is 14.9 Å². The zero-order chi connectivity index (χ0) is 16.2. The summed E-state index contributed by atoms with van der Waals surface area (Å²) < 4.78 is 22.4. The third-order valence-corrected chi connectivity index (χ3v) is 4.08. The van der Waals surface area contributed by atoms with Crippen LogP contribution < -0.4 is 5.32 Å². The van der Waals surface area contributed by atoms with Gasteiger partial charge in [-0.3, -0.25) is 4.79 Å². The molecule has 1 N–H and O–H groups in total. The third kappa shape index (κ3) is 3.45. The number of hydrogen-bond donors (Lipinski definition) is 1. The molecule has 3 rings (SSSR count). The van der Waals surface area contributed by atoms with E-state index in [-0.39, 0.29) is 18.3 Å². The van der Waals surface area contributed by atoms with Gasteiger partial charge in [-0.05, 0) is 54.4 Å². The van der Waals surface area contributed by atoms with Crippen LogP contribution in [0.25, 0.3) is 11.3 Å². The van der Waals surface area contributed by atoms with Crippen LogP contribution in [0.5, 0.6) is 0 Å². The van der Waals surface area contributed by atoms with Crippen LogP contribution in [0.4, 0.5) is 4.39 Å². The number of benzene rings is 1. The van der Waals surface area contributed by atoms with Gasteiger partial charge in [-0.25, -0.2) is 4.39 Å². The Morgan fingerprint density at radius 2 is 2.04 bits per heavy atom. The number of carbonyl (C=O) groups excluding carboxylic acids is 1. The molecular weight excluding hydrogens is 317 g/mol. The van der Waals surface area contributed by atoms with Gasteiger partial charge in [-0.1, -0.05) is 11.4 Å². The van der Waals surface area contributed by atoms with Crippen molar-refractivity contribution < 1.29 is 13.6 Å². The fourth-order valence-electron chi connectivity index (χ4n) is 2.10. The van der Waals surface area contributed by atoms with Gasteiger partial charge in [0.15, 0.2) is 0 Å². The molecule has 2 aromatic heterocycles. The lowest BCUT2D eigenvalue weighted by molar-refractivity contribution is 0.0951. The van der Waals surface area contributed by atoms with E-state index in [0.717, 1.165) is 17.1 Å². The summed E-state index contributed by atoms with van der Waals surface area (Å²) in [6, 6.07) is 9.62. The molecule has 0 aliphatic rings. The van der Waals surface area contributed by atoms with Gasteiger partial charge in [0.25, 0.3) is 5.91 Å². The Bertz CT molecular complexity index is 811. The lowest BCUT2D eigenvalue weighted by Crippen LogP contribution is -2.22. The summed E-state index contributed by atoms with van der Waals surface area (Å²) in [7, 11) is 0. The summed E-state index contributed by atoms with van der Waals surface area (Å²) in [5.74, 6) is 0.741. The molecule has 7 heteroatoms. The zero-order valence-electron chi connectivity index (χ0n) is 12.4. The summed E-state index contributed by atoms with van der Waals surface area (Å²) in [6.45, 7) is 2.19. The van der Waals surface area contributed by atoms with Crippen molar-refractivity contribution in [3.8, 4) is 11.3 Å². The molecule has 0 radical (unpaired) electrons. The minimum Gasteiger partial charge on any atom is -0.459 e. The summed E-state index contributed by atoms with van der Waals surface area (Å²) in [6.07, 6.45) is 0.661. The highest BCUT2D eigenvalue weighted by Gasteiger charge is 2.15. The molecule has 2 heterocycles. The Morgan fingerprint density at radius 3 is 2.78 bits per heavy atom. The first kappa shape index (κ1) is 15.4. The second-order valence-corrected chi connectivity index (χ2v) is 5.61. The van der Waals surface area contributed by atoms with Crippen LogP contribution in [0.15, 0.2) is 40.8 Å². The maximum Gasteiger partial charge on any atom is 0.265 e. The van der Waals surface area contributed by atoms with Gasteiger partial charge in [-0.2, -0.15) is 0 Å². The van der Waals surface area contributed by atoms with E-state index in [4.69, 9.17) is 4.42 Å². The molecular formula is C16H14FN3O2S. The first-order chi connectivity index (χ1) is 11.2. The van der Waals surface area contributed by atoms with Gasteiger partial charge in [0.2, 0.25) is 0 Å². The maximum atomic E-state index is 12.9. The maximum absolute atomic E-state index is 12.9. The highest BCUT2D eigenvalue weighted by molar-refractivity contribution is 7.08. The van der Waals surface area contributed by atoms with Crippen LogP contribution in [-0.2, 0) is 13.0 Å². The van der Waals surface area contributed by atoms with Crippen LogP contribution in [0.1, 0.15) is 28.0 Å². The molecule has 5 nitrogen and oxygen atoms in total. The standard InChI is InChI=1S/C16H14FN3O2S/c1-2-13-15(23-20-19-13)16(21)18-9-12-7-8-14(22-12)10-3-5-11(17)6-4-10/h3-8H,2,9H2,1H3,(H,18,21). The number of amides is 1. The Balaban J connectivity index is 1.65. The van der Waals surface area contributed by atoms with E-state index in [9.17, 15) is 9.18 Å². The van der Waals surface area contributed by atoms with Crippen LogP contribution in [0.3, 0.4) is 0 Å². The zero-order valence-corrected chi connectivity index (χ0v) is 13.2. The fourth-order valence-corrected chi connectivity index (χ4v) is 2.77. The number of halogens is 1. The smallest absolute Gasteiger partial charge is 0.265 e. The lowest BCUT2D eigenvalue weighted by atomic mass is 10.2. The van der Waals surface area contributed by atoms with Crippen molar-refractivity contribution in [2.75, 3.05) is 0 Å². The number of aromatic nitrogens is 2. The number of rotatable bonds is 5. The van der Waals surface area contributed by atoms with Crippen molar-refractivity contribution >= 4 is 17.4 Å². The van der Waals surface area contributed by atoms with Gasteiger partial charge >= 0.3 is 0 Å².